The van der Waals surface area contributed by atoms with Gasteiger partial charge in [0, 0.05) is 13.1 Å². The SMILES string of the molecule is CCN(CC)CCOc1ccc(CNS(=O)(=O)c2cc(F)ccc2Cl)cc1. The molecule has 0 heterocycles. The molecule has 0 aromatic heterocycles. The van der Waals surface area contributed by atoms with Gasteiger partial charge in [-0.3, -0.25) is 0 Å². The summed E-state index contributed by atoms with van der Waals surface area (Å²) < 4.78 is 46.1. The first kappa shape index (κ1) is 21.6. The second kappa shape index (κ2) is 10.0. The van der Waals surface area contributed by atoms with Gasteiger partial charge in [-0.2, -0.15) is 0 Å². The highest BCUT2D eigenvalue weighted by Crippen LogP contribution is 2.22. The summed E-state index contributed by atoms with van der Waals surface area (Å²) in [6.45, 7) is 7.68. The summed E-state index contributed by atoms with van der Waals surface area (Å²) in [5, 5.41) is -0.0270. The van der Waals surface area contributed by atoms with Gasteiger partial charge in [0.25, 0.3) is 0 Å². The fourth-order valence-corrected chi connectivity index (χ4v) is 4.00. The lowest BCUT2D eigenvalue weighted by Gasteiger charge is -2.18. The van der Waals surface area contributed by atoms with E-state index in [4.69, 9.17) is 16.3 Å². The second-order valence-electron chi connectivity index (χ2n) is 5.92. The van der Waals surface area contributed by atoms with Crippen LogP contribution in [0.1, 0.15) is 19.4 Å². The summed E-state index contributed by atoms with van der Waals surface area (Å²) in [7, 11) is -3.91. The Morgan fingerprint density at radius 3 is 2.41 bits per heavy atom. The first-order valence-electron chi connectivity index (χ1n) is 8.74. The third kappa shape index (κ3) is 6.46. The van der Waals surface area contributed by atoms with Gasteiger partial charge in [0.05, 0.1) is 5.02 Å². The maximum absolute atomic E-state index is 13.3. The van der Waals surface area contributed by atoms with E-state index in [1.165, 1.54) is 6.07 Å². The Morgan fingerprint density at radius 1 is 1.11 bits per heavy atom. The molecule has 0 radical (unpaired) electrons. The standard InChI is InChI=1S/C19H24ClFN2O3S/c1-3-23(4-2)11-12-26-17-8-5-15(6-9-17)14-22-27(24,25)19-13-16(21)7-10-18(19)20/h5-10,13,22H,3-4,11-12,14H2,1-2H3. The van der Waals surface area contributed by atoms with Crippen LogP contribution in [0.25, 0.3) is 0 Å². The molecule has 0 saturated heterocycles. The Morgan fingerprint density at radius 2 is 1.78 bits per heavy atom. The van der Waals surface area contributed by atoms with Crippen LogP contribution in [0.15, 0.2) is 47.4 Å². The van der Waals surface area contributed by atoms with Crippen molar-refractivity contribution in [3.8, 4) is 5.75 Å². The number of ether oxygens (including phenoxy) is 1. The molecule has 148 valence electrons. The molecule has 0 aliphatic heterocycles. The van der Waals surface area contributed by atoms with E-state index >= 15 is 0 Å². The summed E-state index contributed by atoms with van der Waals surface area (Å²) in [5.74, 6) is 0.0629. The summed E-state index contributed by atoms with van der Waals surface area (Å²) in [6, 6.07) is 10.4. The Balaban J connectivity index is 1.92. The topological polar surface area (TPSA) is 58.6 Å². The number of hydrogen-bond acceptors (Lipinski definition) is 4. The quantitative estimate of drug-likeness (QED) is 0.644. The molecule has 0 spiro atoms. The number of halogens is 2. The summed E-state index contributed by atoms with van der Waals surface area (Å²) in [6.07, 6.45) is 0. The molecule has 2 rings (SSSR count). The van der Waals surface area contributed by atoms with E-state index in [0.29, 0.717) is 6.61 Å². The van der Waals surface area contributed by atoms with Crippen molar-refractivity contribution in [2.45, 2.75) is 25.3 Å². The Kier molecular flexibility index (Phi) is 8.04. The predicted octanol–water partition coefficient (Wildman–Crippen LogP) is 3.68. The molecule has 2 aromatic rings. The number of nitrogens with zero attached hydrogens (tertiary/aromatic N) is 1. The third-order valence-electron chi connectivity index (χ3n) is 4.14. The molecule has 27 heavy (non-hydrogen) atoms. The van der Waals surface area contributed by atoms with Gasteiger partial charge >= 0.3 is 0 Å². The van der Waals surface area contributed by atoms with Crippen LogP contribution < -0.4 is 9.46 Å². The second-order valence-corrected chi connectivity index (χ2v) is 8.06. The number of benzene rings is 2. The van der Waals surface area contributed by atoms with E-state index in [0.717, 1.165) is 43.1 Å². The molecule has 1 N–H and O–H groups in total. The van der Waals surface area contributed by atoms with Gasteiger partial charge in [-0.1, -0.05) is 37.6 Å². The lowest BCUT2D eigenvalue weighted by molar-refractivity contribution is 0.223. The zero-order chi connectivity index (χ0) is 19.9. The highest BCUT2D eigenvalue weighted by molar-refractivity contribution is 7.89. The zero-order valence-electron chi connectivity index (χ0n) is 15.4. The van der Waals surface area contributed by atoms with Crippen molar-refractivity contribution >= 4 is 21.6 Å². The molecule has 0 fully saturated rings. The van der Waals surface area contributed by atoms with E-state index in [9.17, 15) is 12.8 Å². The molecule has 0 unspecified atom stereocenters. The van der Waals surface area contributed by atoms with Gasteiger partial charge in [0.2, 0.25) is 10.0 Å². The number of rotatable bonds is 10. The van der Waals surface area contributed by atoms with Crippen LogP contribution in [-0.4, -0.2) is 39.6 Å². The normalized spacial score (nSPS) is 11.7. The molecule has 0 atom stereocenters. The smallest absolute Gasteiger partial charge is 0.242 e. The summed E-state index contributed by atoms with van der Waals surface area (Å²) in [5.41, 5.74) is 0.752. The highest BCUT2D eigenvalue weighted by Gasteiger charge is 2.18. The molecule has 0 aliphatic rings. The predicted molar refractivity (Wildman–Crippen MR) is 105 cm³/mol. The highest BCUT2D eigenvalue weighted by atomic mass is 35.5. The summed E-state index contributed by atoms with van der Waals surface area (Å²) >= 11 is 5.87. The fraction of sp³-hybridized carbons (Fsp3) is 0.368. The fourth-order valence-electron chi connectivity index (χ4n) is 2.48. The average Bonchev–Trinajstić information content (AvgIpc) is 2.66. The molecule has 0 amide bonds. The number of hydrogen-bond donors (Lipinski definition) is 1. The Labute approximate surface area is 165 Å². The zero-order valence-corrected chi connectivity index (χ0v) is 17.0. The molecule has 5 nitrogen and oxygen atoms in total. The molecule has 0 bridgehead atoms. The van der Waals surface area contributed by atoms with Crippen LogP contribution >= 0.6 is 11.6 Å². The molecule has 0 aliphatic carbocycles. The molecule has 8 heteroatoms. The van der Waals surface area contributed by atoms with Gasteiger partial charge < -0.3 is 9.64 Å². The minimum absolute atomic E-state index is 0.0270. The van der Waals surface area contributed by atoms with Crippen molar-refractivity contribution in [2.75, 3.05) is 26.2 Å². The van der Waals surface area contributed by atoms with Gasteiger partial charge in [-0.25, -0.2) is 17.5 Å². The maximum Gasteiger partial charge on any atom is 0.242 e. The van der Waals surface area contributed by atoms with Crippen molar-refractivity contribution in [3.63, 3.8) is 0 Å². The lowest BCUT2D eigenvalue weighted by Crippen LogP contribution is -2.27. The van der Waals surface area contributed by atoms with Gasteiger partial charge in [0.1, 0.15) is 23.1 Å². The van der Waals surface area contributed by atoms with Crippen LogP contribution in [0.4, 0.5) is 4.39 Å². The first-order valence-corrected chi connectivity index (χ1v) is 10.6. The number of sulfonamides is 1. The van der Waals surface area contributed by atoms with Crippen LogP contribution in [-0.2, 0) is 16.6 Å². The summed E-state index contributed by atoms with van der Waals surface area (Å²) in [4.78, 5) is 1.99. The third-order valence-corrected chi connectivity index (χ3v) is 6.03. The molecular formula is C19H24ClFN2O3S. The van der Waals surface area contributed by atoms with Crippen molar-refractivity contribution in [3.05, 3.63) is 58.9 Å². The van der Waals surface area contributed by atoms with Crippen molar-refractivity contribution in [1.29, 1.82) is 0 Å². The largest absolute Gasteiger partial charge is 0.492 e. The van der Waals surface area contributed by atoms with E-state index < -0.39 is 15.8 Å². The average molecular weight is 415 g/mol. The Hall–Kier alpha value is -1.67. The van der Waals surface area contributed by atoms with E-state index in [1.807, 2.05) is 0 Å². The maximum atomic E-state index is 13.3. The van der Waals surface area contributed by atoms with Gasteiger partial charge in [-0.15, -0.1) is 0 Å². The minimum Gasteiger partial charge on any atom is -0.492 e. The first-order chi connectivity index (χ1) is 12.9. The van der Waals surface area contributed by atoms with E-state index in [1.54, 1.807) is 24.3 Å². The van der Waals surface area contributed by atoms with Gasteiger partial charge in [0.15, 0.2) is 0 Å². The van der Waals surface area contributed by atoms with Gasteiger partial charge in [-0.05, 0) is 49.0 Å². The molecular weight excluding hydrogens is 391 g/mol. The minimum atomic E-state index is -3.91. The van der Waals surface area contributed by atoms with Crippen LogP contribution in [0.5, 0.6) is 5.75 Å². The molecule has 2 aromatic carbocycles. The Bertz CT molecular complexity index is 841. The van der Waals surface area contributed by atoms with E-state index in [-0.39, 0.29) is 16.5 Å². The van der Waals surface area contributed by atoms with Crippen molar-refractivity contribution in [1.82, 2.24) is 9.62 Å². The van der Waals surface area contributed by atoms with Crippen molar-refractivity contribution in [2.24, 2.45) is 0 Å². The van der Waals surface area contributed by atoms with Crippen molar-refractivity contribution < 1.29 is 17.5 Å². The van der Waals surface area contributed by atoms with Crippen LogP contribution in [0, 0.1) is 5.82 Å². The number of likely N-dealkylation sites (N-methyl/N-ethyl adjacent to an activating group) is 1. The monoisotopic (exact) mass is 414 g/mol. The lowest BCUT2D eigenvalue weighted by atomic mass is 10.2. The molecule has 0 saturated carbocycles. The van der Waals surface area contributed by atoms with Crippen LogP contribution in [0.3, 0.4) is 0 Å². The van der Waals surface area contributed by atoms with E-state index in [2.05, 4.69) is 23.5 Å². The number of nitrogens with one attached hydrogen (secondary N) is 1. The van der Waals surface area contributed by atoms with Crippen LogP contribution in [0.2, 0.25) is 5.02 Å².